The van der Waals surface area contributed by atoms with Crippen LogP contribution in [0.2, 0.25) is 0 Å². The van der Waals surface area contributed by atoms with E-state index < -0.39 is 11.7 Å². The number of hydrazine groups is 1. The molecule has 1 heterocycles. The minimum atomic E-state index is -4.41. The Morgan fingerprint density at radius 2 is 1.95 bits per heavy atom. The molecule has 0 bridgehead atoms. The maximum atomic E-state index is 13.0. The topological polar surface area (TPSA) is 54.2 Å². The van der Waals surface area contributed by atoms with Gasteiger partial charge in [-0.25, -0.2) is 10.8 Å². The van der Waals surface area contributed by atoms with Crippen LogP contribution in [0, 0.1) is 0 Å². The Bertz CT molecular complexity index is 470. The Kier molecular flexibility index (Phi) is 4.92. The van der Waals surface area contributed by atoms with Gasteiger partial charge in [-0.05, 0) is 31.9 Å². The quantitative estimate of drug-likeness (QED) is 0.660. The van der Waals surface area contributed by atoms with E-state index >= 15 is 0 Å². The lowest BCUT2D eigenvalue weighted by atomic mass is 9.94. The number of rotatable bonds is 4. The molecular weight excluding hydrogens is 281 g/mol. The number of alkyl halides is 3. The fourth-order valence-corrected chi connectivity index (χ4v) is 2.90. The molecule has 2 rings (SSSR count). The van der Waals surface area contributed by atoms with Crippen molar-refractivity contribution in [2.24, 2.45) is 5.84 Å². The number of pyridine rings is 1. The number of aromatic nitrogens is 1. The number of hydrogen-bond donors (Lipinski definition) is 2. The van der Waals surface area contributed by atoms with E-state index in [2.05, 4.69) is 10.4 Å². The second-order valence-electron chi connectivity index (χ2n) is 5.32. The molecule has 0 aromatic carbocycles. The third-order valence-corrected chi connectivity index (χ3v) is 3.94. The van der Waals surface area contributed by atoms with Crippen LogP contribution in [-0.4, -0.2) is 17.6 Å². The molecule has 0 radical (unpaired) electrons. The van der Waals surface area contributed by atoms with E-state index in [0.717, 1.165) is 37.8 Å². The Morgan fingerprint density at radius 1 is 1.29 bits per heavy atom. The van der Waals surface area contributed by atoms with Crippen LogP contribution < -0.4 is 16.2 Å². The van der Waals surface area contributed by atoms with E-state index in [1.165, 1.54) is 6.42 Å². The first-order valence-electron chi connectivity index (χ1n) is 7.28. The molecule has 1 aliphatic carbocycles. The summed E-state index contributed by atoms with van der Waals surface area (Å²) < 4.78 is 38.9. The highest BCUT2D eigenvalue weighted by Gasteiger charge is 2.33. The first-order valence-corrected chi connectivity index (χ1v) is 7.28. The molecule has 1 saturated carbocycles. The van der Waals surface area contributed by atoms with Gasteiger partial charge in [-0.15, -0.1) is 0 Å². The van der Waals surface area contributed by atoms with Gasteiger partial charge in [0.05, 0.1) is 5.56 Å². The van der Waals surface area contributed by atoms with E-state index in [0.29, 0.717) is 12.4 Å². The van der Waals surface area contributed by atoms with Gasteiger partial charge < -0.3 is 10.3 Å². The highest BCUT2D eigenvalue weighted by molar-refractivity contribution is 5.51. The molecule has 0 atom stereocenters. The zero-order valence-corrected chi connectivity index (χ0v) is 12.1. The molecule has 1 aliphatic rings. The average Bonchev–Trinajstić information content (AvgIpc) is 2.48. The third kappa shape index (κ3) is 3.78. The van der Waals surface area contributed by atoms with Gasteiger partial charge in [0.15, 0.2) is 0 Å². The van der Waals surface area contributed by atoms with Crippen molar-refractivity contribution in [2.45, 2.75) is 51.2 Å². The predicted octanol–water partition coefficient (Wildman–Crippen LogP) is 3.55. The maximum absolute atomic E-state index is 13.0. The summed E-state index contributed by atoms with van der Waals surface area (Å²) in [5, 5.41) is 0. The monoisotopic (exact) mass is 302 g/mol. The van der Waals surface area contributed by atoms with E-state index in [9.17, 15) is 13.2 Å². The van der Waals surface area contributed by atoms with Crippen LogP contribution in [0.15, 0.2) is 12.1 Å². The molecule has 7 heteroatoms. The molecule has 0 saturated heterocycles. The molecule has 1 fully saturated rings. The number of nitrogens with two attached hydrogens (primary N) is 1. The molecule has 1 aromatic rings. The summed E-state index contributed by atoms with van der Waals surface area (Å²) in [7, 11) is 0. The second kappa shape index (κ2) is 6.51. The normalized spacial score (nSPS) is 16.8. The first kappa shape index (κ1) is 15.9. The zero-order valence-electron chi connectivity index (χ0n) is 12.1. The molecule has 0 unspecified atom stereocenters. The second-order valence-corrected chi connectivity index (χ2v) is 5.32. The van der Waals surface area contributed by atoms with E-state index in [1.54, 1.807) is 0 Å². The van der Waals surface area contributed by atoms with Crippen LogP contribution in [0.1, 0.15) is 44.6 Å². The van der Waals surface area contributed by atoms with Crippen LogP contribution >= 0.6 is 0 Å². The van der Waals surface area contributed by atoms with Gasteiger partial charge in [0.1, 0.15) is 11.6 Å². The van der Waals surface area contributed by atoms with Crippen molar-refractivity contribution in [3.05, 3.63) is 17.7 Å². The van der Waals surface area contributed by atoms with Crippen LogP contribution in [0.3, 0.4) is 0 Å². The molecule has 0 amide bonds. The summed E-state index contributed by atoms with van der Waals surface area (Å²) in [4.78, 5) is 6.16. The van der Waals surface area contributed by atoms with Gasteiger partial charge in [-0.1, -0.05) is 19.3 Å². The number of halogens is 3. The van der Waals surface area contributed by atoms with Crippen molar-refractivity contribution in [3.8, 4) is 0 Å². The van der Waals surface area contributed by atoms with E-state index in [4.69, 9.17) is 5.84 Å². The van der Waals surface area contributed by atoms with Crippen LogP contribution in [-0.2, 0) is 6.18 Å². The summed E-state index contributed by atoms with van der Waals surface area (Å²) in [6.45, 7) is 2.56. The lowest BCUT2D eigenvalue weighted by Crippen LogP contribution is -2.37. The predicted molar refractivity (Wildman–Crippen MR) is 76.9 cm³/mol. The SMILES string of the molecule is CCN(c1cc(C(F)(F)F)cc(NN)n1)C1CCCCC1. The van der Waals surface area contributed by atoms with Gasteiger partial charge in [0, 0.05) is 12.6 Å². The molecule has 0 aliphatic heterocycles. The number of nitrogens with one attached hydrogen (secondary N) is 1. The highest BCUT2D eigenvalue weighted by Crippen LogP contribution is 2.34. The molecule has 0 spiro atoms. The lowest BCUT2D eigenvalue weighted by Gasteiger charge is -2.35. The number of nitrogen functional groups attached to an aromatic ring is 1. The van der Waals surface area contributed by atoms with Crippen molar-refractivity contribution in [2.75, 3.05) is 16.9 Å². The van der Waals surface area contributed by atoms with Crippen LogP contribution in [0.5, 0.6) is 0 Å². The minimum absolute atomic E-state index is 0.0362. The Hall–Kier alpha value is -1.50. The molecule has 21 heavy (non-hydrogen) atoms. The standard InChI is InChI=1S/C14H21F3N4/c1-2-21(11-6-4-3-5-7-11)13-9-10(14(15,16)17)8-12(19-13)20-18/h8-9,11H,2-7,18H2,1H3,(H,19,20). The molecule has 1 aromatic heterocycles. The smallest absolute Gasteiger partial charge is 0.354 e. The van der Waals surface area contributed by atoms with Crippen LogP contribution in [0.25, 0.3) is 0 Å². The van der Waals surface area contributed by atoms with Gasteiger partial charge in [0.2, 0.25) is 0 Å². The van der Waals surface area contributed by atoms with Crippen molar-refractivity contribution < 1.29 is 13.2 Å². The van der Waals surface area contributed by atoms with Gasteiger partial charge in [-0.2, -0.15) is 13.2 Å². The van der Waals surface area contributed by atoms with Gasteiger partial charge in [0.25, 0.3) is 0 Å². The summed E-state index contributed by atoms with van der Waals surface area (Å²) in [5.74, 6) is 5.63. The Labute approximate surface area is 122 Å². The molecule has 3 N–H and O–H groups in total. The molecule has 4 nitrogen and oxygen atoms in total. The average molecular weight is 302 g/mol. The number of nitrogens with zero attached hydrogens (tertiary/aromatic N) is 2. The summed E-state index contributed by atoms with van der Waals surface area (Å²) in [5.41, 5.74) is 1.50. The number of anilines is 2. The summed E-state index contributed by atoms with van der Waals surface area (Å²) in [6, 6.07) is 2.29. The largest absolute Gasteiger partial charge is 0.416 e. The number of hydrogen-bond acceptors (Lipinski definition) is 4. The highest BCUT2D eigenvalue weighted by atomic mass is 19.4. The summed E-state index contributed by atoms with van der Waals surface area (Å²) in [6.07, 6.45) is 1.01. The third-order valence-electron chi connectivity index (χ3n) is 3.94. The minimum Gasteiger partial charge on any atom is -0.354 e. The van der Waals surface area contributed by atoms with Crippen molar-refractivity contribution >= 4 is 11.6 Å². The van der Waals surface area contributed by atoms with E-state index in [1.807, 2.05) is 11.8 Å². The Balaban J connectivity index is 2.35. The van der Waals surface area contributed by atoms with Crippen LogP contribution in [0.4, 0.5) is 24.8 Å². The van der Waals surface area contributed by atoms with Crippen molar-refractivity contribution in [1.29, 1.82) is 0 Å². The molecule has 118 valence electrons. The first-order chi connectivity index (χ1) is 9.95. The maximum Gasteiger partial charge on any atom is 0.416 e. The van der Waals surface area contributed by atoms with E-state index in [-0.39, 0.29) is 11.9 Å². The lowest BCUT2D eigenvalue weighted by molar-refractivity contribution is -0.137. The Morgan fingerprint density at radius 3 is 2.48 bits per heavy atom. The van der Waals surface area contributed by atoms with Crippen molar-refractivity contribution in [3.63, 3.8) is 0 Å². The summed E-state index contributed by atoms with van der Waals surface area (Å²) >= 11 is 0. The zero-order chi connectivity index (χ0) is 15.5. The van der Waals surface area contributed by atoms with Gasteiger partial charge >= 0.3 is 6.18 Å². The fourth-order valence-electron chi connectivity index (χ4n) is 2.90. The van der Waals surface area contributed by atoms with Gasteiger partial charge in [-0.3, -0.25) is 0 Å². The fraction of sp³-hybridized carbons (Fsp3) is 0.643. The molecular formula is C14H21F3N4. The van der Waals surface area contributed by atoms with Crippen molar-refractivity contribution in [1.82, 2.24) is 4.98 Å².